The second-order valence-corrected chi connectivity index (χ2v) is 6.93. The van der Waals surface area contributed by atoms with Gasteiger partial charge in [0.05, 0.1) is 12.5 Å². The number of piperidine rings is 1. The number of carboxylic acid groups (broad SMARTS) is 1. The molecule has 1 heterocycles. The van der Waals surface area contributed by atoms with Crippen molar-refractivity contribution in [3.63, 3.8) is 0 Å². The van der Waals surface area contributed by atoms with Gasteiger partial charge in [-0.1, -0.05) is 17.7 Å². The van der Waals surface area contributed by atoms with E-state index in [1.165, 1.54) is 4.90 Å². The smallest absolute Gasteiger partial charge is 0.306 e. The zero-order valence-corrected chi connectivity index (χ0v) is 15.3. The fourth-order valence-corrected chi connectivity index (χ4v) is 3.46. The van der Waals surface area contributed by atoms with Crippen LogP contribution in [0.2, 0.25) is 0 Å². The van der Waals surface area contributed by atoms with Crippen molar-refractivity contribution < 1.29 is 19.5 Å². The van der Waals surface area contributed by atoms with Gasteiger partial charge in [0, 0.05) is 25.7 Å². The number of carbonyl (C=O) groups is 3. The number of rotatable bonds is 4. The first-order valence-electron chi connectivity index (χ1n) is 8.54. The van der Waals surface area contributed by atoms with E-state index in [9.17, 15) is 14.4 Å². The molecule has 0 aliphatic carbocycles. The lowest BCUT2D eigenvalue weighted by atomic mass is 9.97. The van der Waals surface area contributed by atoms with Crippen LogP contribution in [0.5, 0.6) is 0 Å². The number of nitrogens with zero attached hydrogens (tertiary/aromatic N) is 2. The third-order valence-electron chi connectivity index (χ3n) is 4.81. The van der Waals surface area contributed by atoms with Crippen molar-refractivity contribution in [2.75, 3.05) is 26.7 Å². The highest BCUT2D eigenvalue weighted by atomic mass is 16.4. The summed E-state index contributed by atoms with van der Waals surface area (Å²) in [7, 11) is 1.63. The Morgan fingerprint density at radius 1 is 1.12 bits per heavy atom. The van der Waals surface area contributed by atoms with E-state index in [4.69, 9.17) is 5.11 Å². The number of benzene rings is 1. The Labute approximate surface area is 148 Å². The molecule has 1 saturated heterocycles. The van der Waals surface area contributed by atoms with E-state index in [1.54, 1.807) is 11.9 Å². The number of likely N-dealkylation sites (N-methyl/N-ethyl adjacent to an activating group) is 1. The Hall–Kier alpha value is -2.37. The van der Waals surface area contributed by atoms with Crippen molar-refractivity contribution in [2.24, 2.45) is 5.92 Å². The maximum absolute atomic E-state index is 12.7. The Morgan fingerprint density at radius 3 is 2.12 bits per heavy atom. The molecule has 0 spiro atoms. The van der Waals surface area contributed by atoms with Crippen LogP contribution in [0.3, 0.4) is 0 Å². The van der Waals surface area contributed by atoms with Crippen LogP contribution < -0.4 is 0 Å². The van der Waals surface area contributed by atoms with Crippen LogP contribution in [-0.4, -0.2) is 59.4 Å². The highest BCUT2D eigenvalue weighted by Gasteiger charge is 2.28. The molecule has 0 aromatic heterocycles. The van der Waals surface area contributed by atoms with Gasteiger partial charge in [0.25, 0.3) is 5.91 Å². The summed E-state index contributed by atoms with van der Waals surface area (Å²) in [5.74, 6) is -1.48. The van der Waals surface area contributed by atoms with Crippen molar-refractivity contribution in [2.45, 2.75) is 33.6 Å². The number of aliphatic carboxylic acids is 1. The van der Waals surface area contributed by atoms with Gasteiger partial charge in [-0.25, -0.2) is 0 Å². The normalized spacial score (nSPS) is 15.1. The Bertz CT molecular complexity index is 668. The summed E-state index contributed by atoms with van der Waals surface area (Å²) in [5.41, 5.74) is 3.56. The molecule has 1 aromatic rings. The van der Waals surface area contributed by atoms with E-state index >= 15 is 0 Å². The van der Waals surface area contributed by atoms with Crippen molar-refractivity contribution in [3.05, 3.63) is 34.4 Å². The summed E-state index contributed by atoms with van der Waals surface area (Å²) in [4.78, 5) is 39.2. The van der Waals surface area contributed by atoms with Crippen LogP contribution in [0.15, 0.2) is 12.1 Å². The van der Waals surface area contributed by atoms with Gasteiger partial charge in [0.1, 0.15) is 0 Å². The largest absolute Gasteiger partial charge is 0.481 e. The second-order valence-electron chi connectivity index (χ2n) is 6.93. The van der Waals surface area contributed by atoms with E-state index in [-0.39, 0.29) is 24.3 Å². The Balaban J connectivity index is 2.00. The van der Waals surface area contributed by atoms with Crippen molar-refractivity contribution in [3.8, 4) is 0 Å². The third-order valence-corrected chi connectivity index (χ3v) is 4.81. The van der Waals surface area contributed by atoms with E-state index in [2.05, 4.69) is 0 Å². The minimum atomic E-state index is -0.801. The van der Waals surface area contributed by atoms with Crippen LogP contribution in [0.4, 0.5) is 0 Å². The standard InChI is InChI=1S/C19H26N2O4/c1-12-9-13(2)17(14(3)10-12)18(23)20(4)11-16(22)21-7-5-15(6-8-21)19(24)25/h9-10,15H,5-8,11H2,1-4H3,(H,24,25). The maximum Gasteiger partial charge on any atom is 0.306 e. The van der Waals surface area contributed by atoms with Crippen LogP contribution in [0, 0.1) is 26.7 Å². The zero-order valence-electron chi connectivity index (χ0n) is 15.3. The van der Waals surface area contributed by atoms with Crippen LogP contribution in [0.1, 0.15) is 39.9 Å². The fraction of sp³-hybridized carbons (Fsp3) is 0.526. The molecule has 0 bridgehead atoms. The van der Waals surface area contributed by atoms with Crippen molar-refractivity contribution in [1.82, 2.24) is 9.80 Å². The monoisotopic (exact) mass is 346 g/mol. The van der Waals surface area contributed by atoms with E-state index in [0.29, 0.717) is 31.5 Å². The molecule has 1 N–H and O–H groups in total. The maximum atomic E-state index is 12.7. The number of amides is 2. The molecule has 0 radical (unpaired) electrons. The Kier molecular flexibility index (Phi) is 5.82. The van der Waals surface area contributed by atoms with Crippen LogP contribution >= 0.6 is 0 Å². The average molecular weight is 346 g/mol. The predicted molar refractivity (Wildman–Crippen MR) is 94.6 cm³/mol. The zero-order chi connectivity index (χ0) is 18.7. The molecule has 0 saturated carbocycles. The van der Waals surface area contributed by atoms with Gasteiger partial charge in [-0.15, -0.1) is 0 Å². The molecule has 1 aliphatic rings. The summed E-state index contributed by atoms with van der Waals surface area (Å²) in [5, 5.41) is 9.02. The number of carbonyl (C=O) groups excluding carboxylic acids is 2. The molecule has 2 amide bonds. The van der Waals surface area contributed by atoms with Crippen LogP contribution in [-0.2, 0) is 9.59 Å². The fourth-order valence-electron chi connectivity index (χ4n) is 3.46. The molecule has 1 aromatic carbocycles. The van der Waals surface area contributed by atoms with E-state index < -0.39 is 5.97 Å². The summed E-state index contributed by atoms with van der Waals surface area (Å²) < 4.78 is 0. The molecule has 0 atom stereocenters. The van der Waals surface area contributed by atoms with Gasteiger partial charge < -0.3 is 14.9 Å². The molecule has 1 aliphatic heterocycles. The summed E-state index contributed by atoms with van der Waals surface area (Å²) >= 11 is 0. The number of hydrogen-bond acceptors (Lipinski definition) is 3. The van der Waals surface area contributed by atoms with Gasteiger partial charge >= 0.3 is 5.97 Å². The van der Waals surface area contributed by atoms with Crippen LogP contribution in [0.25, 0.3) is 0 Å². The summed E-state index contributed by atoms with van der Waals surface area (Å²) in [6.07, 6.45) is 0.934. The molecule has 2 rings (SSSR count). The topological polar surface area (TPSA) is 77.9 Å². The SMILES string of the molecule is Cc1cc(C)c(C(=O)N(C)CC(=O)N2CCC(C(=O)O)CC2)c(C)c1. The molecule has 1 fully saturated rings. The molecule has 136 valence electrons. The first-order valence-corrected chi connectivity index (χ1v) is 8.54. The van der Waals surface area contributed by atoms with E-state index in [0.717, 1.165) is 16.7 Å². The average Bonchev–Trinajstić information content (AvgIpc) is 2.53. The number of likely N-dealkylation sites (tertiary alicyclic amines) is 1. The highest BCUT2D eigenvalue weighted by molar-refractivity contribution is 5.98. The van der Waals surface area contributed by atoms with Gasteiger partial charge in [-0.05, 0) is 44.7 Å². The third kappa shape index (κ3) is 4.38. The van der Waals surface area contributed by atoms with Crippen molar-refractivity contribution in [1.29, 1.82) is 0 Å². The lowest BCUT2D eigenvalue weighted by Gasteiger charge is -2.31. The number of aryl methyl sites for hydroxylation is 3. The predicted octanol–water partition coefficient (Wildman–Crippen LogP) is 2.01. The molecular weight excluding hydrogens is 320 g/mol. The minimum Gasteiger partial charge on any atom is -0.481 e. The van der Waals surface area contributed by atoms with E-state index in [1.807, 2.05) is 32.9 Å². The summed E-state index contributed by atoms with van der Waals surface area (Å²) in [6.45, 7) is 6.66. The molecular formula is C19H26N2O4. The molecule has 0 unspecified atom stereocenters. The Morgan fingerprint density at radius 2 is 1.64 bits per heavy atom. The lowest BCUT2D eigenvalue weighted by molar-refractivity contribution is -0.145. The first kappa shape index (κ1) is 19.0. The molecule has 6 nitrogen and oxygen atoms in total. The number of hydrogen-bond donors (Lipinski definition) is 1. The summed E-state index contributed by atoms with van der Waals surface area (Å²) in [6, 6.07) is 3.93. The van der Waals surface area contributed by atoms with Gasteiger partial charge in [0.15, 0.2) is 0 Å². The van der Waals surface area contributed by atoms with Crippen molar-refractivity contribution >= 4 is 17.8 Å². The minimum absolute atomic E-state index is 0.00330. The van der Waals surface area contributed by atoms with Gasteiger partial charge in [-0.2, -0.15) is 0 Å². The van der Waals surface area contributed by atoms with Gasteiger partial charge in [0.2, 0.25) is 5.91 Å². The first-order chi connectivity index (χ1) is 11.7. The molecule has 25 heavy (non-hydrogen) atoms. The number of carboxylic acids is 1. The second kappa shape index (κ2) is 7.68. The highest BCUT2D eigenvalue weighted by Crippen LogP contribution is 2.19. The quantitative estimate of drug-likeness (QED) is 0.905. The lowest BCUT2D eigenvalue weighted by Crippen LogP contribution is -2.45. The molecule has 6 heteroatoms. The van der Waals surface area contributed by atoms with Gasteiger partial charge in [-0.3, -0.25) is 14.4 Å².